The normalized spacial score (nSPS) is 11.7. The fourth-order valence-electron chi connectivity index (χ4n) is 2.49. The Kier molecular flexibility index (Phi) is 7.14. The van der Waals surface area contributed by atoms with Crippen molar-refractivity contribution in [2.24, 2.45) is 0 Å². The summed E-state index contributed by atoms with van der Waals surface area (Å²) in [4.78, 5) is -0.487. The molecule has 0 unspecified atom stereocenters. The first kappa shape index (κ1) is 23.1. The molecule has 2 N–H and O–H groups in total. The summed E-state index contributed by atoms with van der Waals surface area (Å²) in [6.07, 6.45) is 0. The van der Waals surface area contributed by atoms with Gasteiger partial charge in [-0.3, -0.25) is 9.44 Å². The zero-order valence-corrected chi connectivity index (χ0v) is 21.4. The van der Waals surface area contributed by atoms with Crippen molar-refractivity contribution in [3.05, 3.63) is 73.9 Å². The van der Waals surface area contributed by atoms with E-state index in [1.807, 2.05) is 0 Å². The number of halogens is 2. The molecule has 0 saturated carbocycles. The van der Waals surface area contributed by atoms with Crippen LogP contribution in [-0.2, 0) is 20.0 Å². The number of ether oxygens (including phenoxy) is 1. The molecule has 3 aromatic rings. The fraction of sp³-hybridized carbons (Fsp3) is 0.0526. The van der Waals surface area contributed by atoms with E-state index in [0.29, 0.717) is 11.4 Å². The quantitative estimate of drug-likeness (QED) is 0.361. The van der Waals surface area contributed by atoms with E-state index in [1.54, 1.807) is 48.5 Å². The second-order valence-corrected chi connectivity index (χ2v) is 11.9. The van der Waals surface area contributed by atoms with Crippen LogP contribution in [0.3, 0.4) is 0 Å². The van der Waals surface area contributed by atoms with Gasteiger partial charge in [0.25, 0.3) is 20.0 Å². The molecule has 0 saturated heterocycles. The Morgan fingerprint density at radius 1 is 0.700 bits per heavy atom. The summed E-state index contributed by atoms with van der Waals surface area (Å²) in [5.74, 6) is 0.0289. The number of sulfonamides is 2. The van der Waals surface area contributed by atoms with Gasteiger partial charge in [0.15, 0.2) is 0 Å². The molecule has 0 spiro atoms. The monoisotopic (exact) mass is 670 g/mol. The van der Waals surface area contributed by atoms with E-state index in [2.05, 4.69) is 54.6 Å². The summed E-state index contributed by atoms with van der Waals surface area (Å²) < 4.78 is 63.4. The maximum atomic E-state index is 12.9. The Hall–Kier alpha value is -1.58. The smallest absolute Gasteiger partial charge is 0.265 e. The minimum Gasteiger partial charge on any atom is -0.495 e. The third-order valence-electron chi connectivity index (χ3n) is 3.93. The van der Waals surface area contributed by atoms with Gasteiger partial charge in [0, 0.05) is 18.5 Å². The highest BCUT2D eigenvalue weighted by Gasteiger charge is 2.24. The predicted molar refractivity (Wildman–Crippen MR) is 133 cm³/mol. The van der Waals surface area contributed by atoms with Gasteiger partial charge in [-0.1, -0.05) is 0 Å². The molecule has 0 amide bonds. The molecule has 0 aromatic heterocycles. The second-order valence-electron chi connectivity index (χ2n) is 6.04. The molecule has 3 rings (SSSR count). The van der Waals surface area contributed by atoms with Crippen molar-refractivity contribution in [1.82, 2.24) is 0 Å². The minimum absolute atomic E-state index is 0.0289. The lowest BCUT2D eigenvalue weighted by Crippen LogP contribution is -2.17. The van der Waals surface area contributed by atoms with Gasteiger partial charge >= 0.3 is 0 Å². The van der Waals surface area contributed by atoms with Gasteiger partial charge in [-0.05, 0) is 112 Å². The van der Waals surface area contributed by atoms with E-state index in [1.165, 1.54) is 19.2 Å². The Labute approximate surface area is 202 Å². The van der Waals surface area contributed by atoms with E-state index in [0.717, 1.165) is 13.2 Å². The van der Waals surface area contributed by atoms with Gasteiger partial charge in [0.1, 0.15) is 10.6 Å². The largest absolute Gasteiger partial charge is 0.495 e. The molecule has 30 heavy (non-hydrogen) atoms. The SMILES string of the molecule is COc1ccc(S(=O)(=O)Nc2ccc(I)cc2)cc1S(=O)(=O)Nc1ccc(I)cc1. The minimum atomic E-state index is -4.10. The standard InChI is InChI=1S/C19H16I2N2O5S2/c1-28-18-11-10-17(29(24,25)22-15-6-2-13(20)3-7-15)12-19(18)30(26,27)23-16-8-4-14(21)5-9-16/h2-12,22-23H,1H3. The molecule has 0 aliphatic carbocycles. The van der Waals surface area contributed by atoms with Crippen LogP contribution in [0.1, 0.15) is 0 Å². The van der Waals surface area contributed by atoms with Crippen LogP contribution < -0.4 is 14.2 Å². The molecule has 0 fully saturated rings. The summed E-state index contributed by atoms with van der Waals surface area (Å²) in [7, 11) is -6.80. The maximum absolute atomic E-state index is 12.9. The van der Waals surface area contributed by atoms with E-state index >= 15 is 0 Å². The predicted octanol–water partition coefficient (Wildman–Crippen LogP) is 4.51. The van der Waals surface area contributed by atoms with Crippen molar-refractivity contribution in [3.63, 3.8) is 0 Å². The van der Waals surface area contributed by atoms with Crippen LogP contribution >= 0.6 is 45.2 Å². The number of methoxy groups -OCH3 is 1. The van der Waals surface area contributed by atoms with Crippen molar-refractivity contribution in [1.29, 1.82) is 0 Å². The number of hydrogen-bond donors (Lipinski definition) is 2. The number of rotatable bonds is 7. The van der Waals surface area contributed by atoms with Crippen molar-refractivity contribution in [3.8, 4) is 5.75 Å². The highest BCUT2D eigenvalue weighted by Crippen LogP contribution is 2.29. The van der Waals surface area contributed by atoms with Crippen LogP contribution in [0, 0.1) is 7.14 Å². The first-order valence-corrected chi connectivity index (χ1v) is 13.5. The highest BCUT2D eigenvalue weighted by atomic mass is 127. The van der Waals surface area contributed by atoms with E-state index < -0.39 is 20.0 Å². The maximum Gasteiger partial charge on any atom is 0.265 e. The molecule has 3 aromatic carbocycles. The van der Waals surface area contributed by atoms with Gasteiger partial charge in [-0.2, -0.15) is 0 Å². The van der Waals surface area contributed by atoms with E-state index in [9.17, 15) is 16.8 Å². The highest BCUT2D eigenvalue weighted by molar-refractivity contribution is 14.1. The molecule has 0 aliphatic heterocycles. The van der Waals surface area contributed by atoms with Crippen molar-refractivity contribution < 1.29 is 21.6 Å². The lowest BCUT2D eigenvalue weighted by atomic mass is 10.3. The van der Waals surface area contributed by atoms with Crippen LogP contribution in [0.5, 0.6) is 5.75 Å². The van der Waals surface area contributed by atoms with Crippen LogP contribution in [0.15, 0.2) is 76.5 Å². The first-order chi connectivity index (χ1) is 14.1. The molecule has 0 atom stereocenters. The summed E-state index contributed by atoms with van der Waals surface area (Å²) in [6, 6.07) is 17.2. The lowest BCUT2D eigenvalue weighted by molar-refractivity contribution is 0.402. The van der Waals surface area contributed by atoms with Crippen molar-refractivity contribution in [2.75, 3.05) is 16.6 Å². The van der Waals surface area contributed by atoms with Crippen LogP contribution in [-0.4, -0.2) is 23.9 Å². The zero-order chi connectivity index (χ0) is 21.9. The molecule has 0 heterocycles. The number of anilines is 2. The first-order valence-electron chi connectivity index (χ1n) is 8.35. The fourth-order valence-corrected chi connectivity index (χ4v) is 5.63. The van der Waals surface area contributed by atoms with E-state index in [4.69, 9.17) is 4.74 Å². The molecule has 0 bridgehead atoms. The zero-order valence-electron chi connectivity index (χ0n) is 15.5. The summed E-state index contributed by atoms with van der Waals surface area (Å²) in [5.41, 5.74) is 0.718. The topological polar surface area (TPSA) is 102 Å². The number of nitrogens with one attached hydrogen (secondary N) is 2. The average molecular weight is 670 g/mol. The second kappa shape index (κ2) is 9.28. The van der Waals surface area contributed by atoms with Gasteiger partial charge in [-0.15, -0.1) is 0 Å². The van der Waals surface area contributed by atoms with Crippen LogP contribution in [0.4, 0.5) is 11.4 Å². The van der Waals surface area contributed by atoms with Crippen LogP contribution in [0.25, 0.3) is 0 Å². The van der Waals surface area contributed by atoms with Gasteiger partial charge < -0.3 is 4.74 Å². The van der Waals surface area contributed by atoms with Gasteiger partial charge in [0.2, 0.25) is 0 Å². The number of hydrogen-bond acceptors (Lipinski definition) is 5. The Bertz CT molecular complexity index is 1260. The third kappa shape index (κ3) is 5.56. The molecule has 7 nitrogen and oxygen atoms in total. The Balaban J connectivity index is 1.98. The van der Waals surface area contributed by atoms with Crippen LogP contribution in [0.2, 0.25) is 0 Å². The van der Waals surface area contributed by atoms with Crippen molar-refractivity contribution >= 4 is 76.6 Å². The summed E-state index contributed by atoms with van der Waals surface area (Å²) >= 11 is 4.22. The molecule has 11 heteroatoms. The third-order valence-corrected chi connectivity index (χ3v) is 8.15. The molecule has 158 valence electrons. The Morgan fingerprint density at radius 2 is 1.17 bits per heavy atom. The lowest BCUT2D eigenvalue weighted by Gasteiger charge is -2.14. The Morgan fingerprint density at radius 3 is 1.63 bits per heavy atom. The van der Waals surface area contributed by atoms with E-state index in [-0.39, 0.29) is 15.5 Å². The molecule has 0 radical (unpaired) electrons. The molecule has 0 aliphatic rings. The number of benzene rings is 3. The van der Waals surface area contributed by atoms with Gasteiger partial charge in [0.05, 0.1) is 12.0 Å². The van der Waals surface area contributed by atoms with Gasteiger partial charge in [-0.25, -0.2) is 16.8 Å². The molecular weight excluding hydrogens is 654 g/mol. The molecular formula is C19H16I2N2O5S2. The summed E-state index contributed by atoms with van der Waals surface area (Å²) in [6.45, 7) is 0. The van der Waals surface area contributed by atoms with Crippen molar-refractivity contribution in [2.45, 2.75) is 9.79 Å². The average Bonchev–Trinajstić information content (AvgIpc) is 2.70. The summed E-state index contributed by atoms with van der Waals surface area (Å²) in [5, 5.41) is 0.